The zero-order valence-corrected chi connectivity index (χ0v) is 16.4. The highest BCUT2D eigenvalue weighted by atomic mass is 16.5. The minimum absolute atomic E-state index is 0.282. The van der Waals surface area contributed by atoms with E-state index in [1.165, 1.54) is 39.7 Å². The van der Waals surface area contributed by atoms with Crippen LogP contribution in [0.15, 0.2) is 48.7 Å². The first-order chi connectivity index (χ1) is 13.7. The van der Waals surface area contributed by atoms with Crippen LogP contribution in [0.2, 0.25) is 0 Å². The summed E-state index contributed by atoms with van der Waals surface area (Å²) < 4.78 is 15.9. The lowest BCUT2D eigenvalue weighted by atomic mass is 10.0. The largest absolute Gasteiger partial charge is 0.503 e. The van der Waals surface area contributed by atoms with Gasteiger partial charge in [-0.15, -0.1) is 0 Å². The topological polar surface area (TPSA) is 60.9 Å². The molecule has 0 N–H and O–H groups in total. The van der Waals surface area contributed by atoms with Crippen molar-refractivity contribution in [1.82, 2.24) is 4.98 Å². The van der Waals surface area contributed by atoms with E-state index in [9.17, 15) is 4.79 Å². The molecule has 0 aliphatic carbocycles. The SMILES string of the molecule is CO/C=C(\C(=O)OC)c1ccccc1COc1cccc(N2CCCCC2)n1. The fourth-order valence-corrected chi connectivity index (χ4v) is 3.29. The van der Waals surface area contributed by atoms with Gasteiger partial charge in [-0.2, -0.15) is 4.98 Å². The summed E-state index contributed by atoms with van der Waals surface area (Å²) in [5.41, 5.74) is 1.91. The van der Waals surface area contributed by atoms with E-state index < -0.39 is 5.97 Å². The molecule has 1 fully saturated rings. The molecule has 2 heterocycles. The van der Waals surface area contributed by atoms with Gasteiger partial charge in [0.1, 0.15) is 18.0 Å². The number of carbonyl (C=O) groups excluding carboxylic acids is 1. The van der Waals surface area contributed by atoms with Gasteiger partial charge in [0.15, 0.2) is 0 Å². The van der Waals surface area contributed by atoms with Gasteiger partial charge < -0.3 is 19.1 Å². The van der Waals surface area contributed by atoms with Crippen molar-refractivity contribution < 1.29 is 19.0 Å². The van der Waals surface area contributed by atoms with E-state index >= 15 is 0 Å². The molecule has 1 aromatic carbocycles. The Morgan fingerprint density at radius 1 is 1.07 bits per heavy atom. The average Bonchev–Trinajstić information content (AvgIpc) is 2.76. The van der Waals surface area contributed by atoms with Crippen LogP contribution in [-0.4, -0.2) is 38.3 Å². The average molecular weight is 382 g/mol. The molecule has 1 aliphatic rings. The Labute approximate surface area is 165 Å². The number of nitrogens with zero attached hydrogens (tertiary/aromatic N) is 2. The van der Waals surface area contributed by atoms with E-state index in [0.717, 1.165) is 24.5 Å². The number of hydrogen-bond donors (Lipinski definition) is 0. The molecule has 28 heavy (non-hydrogen) atoms. The normalized spacial score (nSPS) is 14.5. The molecule has 6 nitrogen and oxygen atoms in total. The number of rotatable bonds is 7. The Morgan fingerprint density at radius 3 is 2.61 bits per heavy atom. The van der Waals surface area contributed by atoms with Crippen LogP contribution in [0, 0.1) is 0 Å². The number of pyridine rings is 1. The van der Waals surface area contributed by atoms with Crippen LogP contribution < -0.4 is 9.64 Å². The molecule has 0 radical (unpaired) electrons. The molecule has 1 saturated heterocycles. The molecule has 6 heteroatoms. The maximum absolute atomic E-state index is 12.1. The van der Waals surface area contributed by atoms with Gasteiger partial charge in [-0.1, -0.05) is 30.3 Å². The first kappa shape index (κ1) is 19.7. The second-order valence-corrected chi connectivity index (χ2v) is 6.59. The van der Waals surface area contributed by atoms with Gasteiger partial charge in [-0.3, -0.25) is 0 Å². The van der Waals surface area contributed by atoms with Gasteiger partial charge in [0, 0.05) is 19.2 Å². The van der Waals surface area contributed by atoms with Crippen LogP contribution in [0.5, 0.6) is 5.88 Å². The molecule has 3 rings (SSSR count). The monoisotopic (exact) mass is 382 g/mol. The third kappa shape index (κ3) is 4.82. The van der Waals surface area contributed by atoms with Crippen molar-refractivity contribution in [3.8, 4) is 5.88 Å². The van der Waals surface area contributed by atoms with Gasteiger partial charge >= 0.3 is 5.97 Å². The van der Waals surface area contributed by atoms with E-state index in [2.05, 4.69) is 9.88 Å². The minimum atomic E-state index is -0.459. The maximum atomic E-state index is 12.1. The number of carbonyl (C=O) groups is 1. The summed E-state index contributed by atoms with van der Waals surface area (Å²) in [7, 11) is 2.85. The Hall–Kier alpha value is -3.02. The van der Waals surface area contributed by atoms with Crippen LogP contribution in [0.3, 0.4) is 0 Å². The quantitative estimate of drug-likeness (QED) is 0.412. The van der Waals surface area contributed by atoms with Crippen LogP contribution >= 0.6 is 0 Å². The van der Waals surface area contributed by atoms with Gasteiger partial charge in [0.05, 0.1) is 20.5 Å². The van der Waals surface area contributed by atoms with Crippen molar-refractivity contribution >= 4 is 17.4 Å². The molecule has 148 valence electrons. The summed E-state index contributed by atoms with van der Waals surface area (Å²) in [5.74, 6) is 1.05. The third-order valence-corrected chi connectivity index (χ3v) is 4.71. The lowest BCUT2D eigenvalue weighted by Gasteiger charge is -2.27. The summed E-state index contributed by atoms with van der Waals surface area (Å²) in [6, 6.07) is 13.4. The maximum Gasteiger partial charge on any atom is 0.341 e. The first-order valence-electron chi connectivity index (χ1n) is 9.47. The van der Waals surface area contributed by atoms with E-state index in [4.69, 9.17) is 14.2 Å². The Bertz CT molecular complexity index is 829. The lowest BCUT2D eigenvalue weighted by molar-refractivity contribution is -0.133. The number of esters is 1. The summed E-state index contributed by atoms with van der Waals surface area (Å²) >= 11 is 0. The van der Waals surface area contributed by atoms with Gasteiger partial charge in [-0.05, 0) is 36.5 Å². The predicted octanol–water partition coefficient (Wildman–Crippen LogP) is 3.81. The van der Waals surface area contributed by atoms with E-state index in [0.29, 0.717) is 17.0 Å². The molecule has 0 atom stereocenters. The van der Waals surface area contributed by atoms with Crippen LogP contribution in [0.25, 0.3) is 5.57 Å². The summed E-state index contributed by atoms with van der Waals surface area (Å²) in [5, 5.41) is 0. The third-order valence-electron chi connectivity index (χ3n) is 4.71. The summed E-state index contributed by atoms with van der Waals surface area (Å²) in [6.45, 7) is 2.35. The Balaban J connectivity index is 1.76. The highest BCUT2D eigenvalue weighted by Crippen LogP contribution is 2.24. The molecular weight excluding hydrogens is 356 g/mol. The summed E-state index contributed by atoms with van der Waals surface area (Å²) in [6.07, 6.45) is 5.06. The van der Waals surface area contributed by atoms with Gasteiger partial charge in [0.2, 0.25) is 5.88 Å². The van der Waals surface area contributed by atoms with Crippen molar-refractivity contribution in [2.45, 2.75) is 25.9 Å². The molecule has 2 aromatic rings. The molecule has 0 amide bonds. The Kier molecular flexibility index (Phi) is 6.89. The van der Waals surface area contributed by atoms with Crippen LogP contribution in [0.4, 0.5) is 5.82 Å². The number of ether oxygens (including phenoxy) is 3. The molecule has 1 aliphatic heterocycles. The summed E-state index contributed by atoms with van der Waals surface area (Å²) in [4.78, 5) is 19.1. The molecule has 0 unspecified atom stereocenters. The first-order valence-corrected chi connectivity index (χ1v) is 9.47. The molecule has 0 bridgehead atoms. The van der Waals surface area contributed by atoms with E-state index in [1.807, 2.05) is 42.5 Å². The second kappa shape index (κ2) is 9.78. The van der Waals surface area contributed by atoms with Crippen molar-refractivity contribution in [2.24, 2.45) is 0 Å². The number of anilines is 1. The molecule has 1 aromatic heterocycles. The molecular formula is C22H26N2O4. The van der Waals surface area contributed by atoms with Crippen molar-refractivity contribution in [3.05, 3.63) is 59.9 Å². The molecule has 0 spiro atoms. The smallest absolute Gasteiger partial charge is 0.341 e. The number of hydrogen-bond acceptors (Lipinski definition) is 6. The highest BCUT2D eigenvalue weighted by Gasteiger charge is 2.17. The van der Waals surface area contributed by atoms with Gasteiger partial charge in [0.25, 0.3) is 0 Å². The van der Waals surface area contributed by atoms with Crippen LogP contribution in [0.1, 0.15) is 30.4 Å². The van der Waals surface area contributed by atoms with Gasteiger partial charge in [-0.25, -0.2) is 4.79 Å². The predicted molar refractivity (Wildman–Crippen MR) is 108 cm³/mol. The van der Waals surface area contributed by atoms with Crippen LogP contribution in [-0.2, 0) is 20.9 Å². The van der Waals surface area contributed by atoms with Crippen molar-refractivity contribution in [1.29, 1.82) is 0 Å². The van der Waals surface area contributed by atoms with Crippen molar-refractivity contribution in [3.63, 3.8) is 0 Å². The molecule has 0 saturated carbocycles. The number of benzene rings is 1. The fraction of sp³-hybridized carbons (Fsp3) is 0.364. The standard InChI is InChI=1S/C22H26N2O4/c1-26-16-19(22(25)27-2)18-10-5-4-9-17(18)15-28-21-12-8-11-20(23-21)24-13-6-3-7-14-24/h4-5,8-12,16H,3,6-7,13-15H2,1-2H3/b19-16-. The minimum Gasteiger partial charge on any atom is -0.503 e. The Morgan fingerprint density at radius 2 is 1.86 bits per heavy atom. The highest BCUT2D eigenvalue weighted by molar-refractivity contribution is 6.16. The lowest BCUT2D eigenvalue weighted by Crippen LogP contribution is -2.30. The number of methoxy groups -OCH3 is 2. The zero-order valence-electron chi connectivity index (χ0n) is 16.4. The van der Waals surface area contributed by atoms with E-state index in [-0.39, 0.29) is 6.61 Å². The zero-order chi connectivity index (χ0) is 19.8. The van der Waals surface area contributed by atoms with E-state index in [1.54, 1.807) is 0 Å². The van der Waals surface area contributed by atoms with Crippen molar-refractivity contribution in [2.75, 3.05) is 32.2 Å². The fourth-order valence-electron chi connectivity index (χ4n) is 3.29. The second-order valence-electron chi connectivity index (χ2n) is 6.59. The number of aromatic nitrogens is 1. The number of piperidine rings is 1.